The average Bonchev–Trinajstić information content (AvgIpc) is 3.22. The summed E-state index contributed by atoms with van der Waals surface area (Å²) in [5.74, 6) is 1.53. The van der Waals surface area contributed by atoms with Crippen molar-refractivity contribution in [3.63, 3.8) is 0 Å². The highest BCUT2D eigenvalue weighted by Gasteiger charge is 2.30. The van der Waals surface area contributed by atoms with E-state index in [0.717, 1.165) is 11.3 Å². The van der Waals surface area contributed by atoms with Crippen molar-refractivity contribution in [3.8, 4) is 5.75 Å². The van der Waals surface area contributed by atoms with E-state index >= 15 is 0 Å². The zero-order valence-corrected chi connectivity index (χ0v) is 11.2. The molecule has 3 nitrogen and oxygen atoms in total. The maximum atomic E-state index is 10.4. The van der Waals surface area contributed by atoms with Gasteiger partial charge in [0.2, 0.25) is 0 Å². The van der Waals surface area contributed by atoms with Gasteiger partial charge in [-0.3, -0.25) is 0 Å². The molecule has 0 bridgehead atoms. The van der Waals surface area contributed by atoms with E-state index < -0.39 is 5.60 Å². The fourth-order valence-corrected chi connectivity index (χ4v) is 2.20. The summed E-state index contributed by atoms with van der Waals surface area (Å²) in [5, 5.41) is 10.4. The predicted molar refractivity (Wildman–Crippen MR) is 72.5 cm³/mol. The van der Waals surface area contributed by atoms with Gasteiger partial charge < -0.3 is 15.6 Å². The highest BCUT2D eigenvalue weighted by Crippen LogP contribution is 2.35. The van der Waals surface area contributed by atoms with Crippen LogP contribution in [0.25, 0.3) is 0 Å². The zero-order valence-electron chi connectivity index (χ0n) is 11.2. The molecule has 0 spiro atoms. The SMILES string of the molecule is CC[C@@](O)(CN)c1cccc(OC(C)C2CC2)c1. The standard InChI is InChI=1S/C15H23NO2/c1-3-15(17,10-16)13-5-4-6-14(9-13)18-11(2)12-7-8-12/h4-6,9,11-12,17H,3,7-8,10,16H2,1-2H3/t11?,15-/m1/s1. The van der Waals surface area contributed by atoms with Gasteiger partial charge in [0.05, 0.1) is 6.10 Å². The quantitative estimate of drug-likeness (QED) is 0.814. The van der Waals surface area contributed by atoms with Crippen LogP contribution in [0.5, 0.6) is 5.75 Å². The summed E-state index contributed by atoms with van der Waals surface area (Å²) in [4.78, 5) is 0. The first-order valence-corrected chi connectivity index (χ1v) is 6.78. The molecular weight excluding hydrogens is 226 g/mol. The summed E-state index contributed by atoms with van der Waals surface area (Å²) in [5.41, 5.74) is 5.57. The number of rotatable bonds is 6. The van der Waals surface area contributed by atoms with Crippen molar-refractivity contribution in [2.45, 2.75) is 44.8 Å². The molecule has 3 heteroatoms. The first-order chi connectivity index (χ1) is 8.59. The van der Waals surface area contributed by atoms with Crippen LogP contribution in [0.4, 0.5) is 0 Å². The minimum Gasteiger partial charge on any atom is -0.490 e. The van der Waals surface area contributed by atoms with E-state index in [9.17, 15) is 5.11 Å². The lowest BCUT2D eigenvalue weighted by Crippen LogP contribution is -2.34. The Morgan fingerprint density at radius 1 is 1.50 bits per heavy atom. The summed E-state index contributed by atoms with van der Waals surface area (Å²) in [6, 6.07) is 7.68. The number of aliphatic hydroxyl groups is 1. The van der Waals surface area contributed by atoms with Gasteiger partial charge in [-0.05, 0) is 49.8 Å². The Bertz CT molecular complexity index is 397. The molecule has 0 radical (unpaired) electrons. The summed E-state index contributed by atoms with van der Waals surface area (Å²) in [6.45, 7) is 4.28. The highest BCUT2D eigenvalue weighted by atomic mass is 16.5. The summed E-state index contributed by atoms with van der Waals surface area (Å²) >= 11 is 0. The predicted octanol–water partition coefficient (Wildman–Crippen LogP) is 2.42. The molecule has 3 N–H and O–H groups in total. The Kier molecular flexibility index (Phi) is 3.93. The number of ether oxygens (including phenoxy) is 1. The van der Waals surface area contributed by atoms with E-state index in [0.29, 0.717) is 12.3 Å². The normalized spacial score (nSPS) is 20.2. The smallest absolute Gasteiger partial charge is 0.120 e. The molecule has 0 aliphatic heterocycles. The second kappa shape index (κ2) is 5.29. The van der Waals surface area contributed by atoms with E-state index in [1.165, 1.54) is 12.8 Å². The Hall–Kier alpha value is -1.06. The molecule has 0 amide bonds. The van der Waals surface area contributed by atoms with Crippen molar-refractivity contribution < 1.29 is 9.84 Å². The molecule has 1 aromatic rings. The minimum atomic E-state index is -0.942. The topological polar surface area (TPSA) is 55.5 Å². The maximum absolute atomic E-state index is 10.4. The molecule has 0 aromatic heterocycles. The number of benzene rings is 1. The number of hydrogen-bond acceptors (Lipinski definition) is 3. The molecule has 18 heavy (non-hydrogen) atoms. The van der Waals surface area contributed by atoms with Gasteiger partial charge in [-0.25, -0.2) is 0 Å². The van der Waals surface area contributed by atoms with Crippen molar-refractivity contribution in [2.24, 2.45) is 11.7 Å². The van der Waals surface area contributed by atoms with Crippen molar-refractivity contribution >= 4 is 0 Å². The Balaban J connectivity index is 2.13. The second-order valence-corrected chi connectivity index (χ2v) is 5.28. The lowest BCUT2D eigenvalue weighted by molar-refractivity contribution is 0.0414. The molecule has 1 unspecified atom stereocenters. The third-order valence-electron chi connectivity index (χ3n) is 3.90. The van der Waals surface area contributed by atoms with Gasteiger partial charge in [-0.1, -0.05) is 19.1 Å². The van der Waals surface area contributed by atoms with Crippen LogP contribution in [-0.2, 0) is 5.60 Å². The lowest BCUT2D eigenvalue weighted by Gasteiger charge is -2.26. The van der Waals surface area contributed by atoms with Gasteiger partial charge in [0, 0.05) is 6.54 Å². The van der Waals surface area contributed by atoms with E-state index in [1.807, 2.05) is 31.2 Å². The van der Waals surface area contributed by atoms with E-state index in [-0.39, 0.29) is 12.6 Å². The Morgan fingerprint density at radius 2 is 2.22 bits per heavy atom. The van der Waals surface area contributed by atoms with Crippen LogP contribution < -0.4 is 10.5 Å². The number of hydrogen-bond donors (Lipinski definition) is 2. The summed E-state index contributed by atoms with van der Waals surface area (Å²) < 4.78 is 5.91. The maximum Gasteiger partial charge on any atom is 0.120 e. The first-order valence-electron chi connectivity index (χ1n) is 6.78. The van der Waals surface area contributed by atoms with Crippen LogP contribution in [0.2, 0.25) is 0 Å². The van der Waals surface area contributed by atoms with Crippen molar-refractivity contribution in [1.29, 1.82) is 0 Å². The molecule has 1 saturated carbocycles. The molecule has 0 heterocycles. The molecule has 1 fully saturated rings. The van der Waals surface area contributed by atoms with Gasteiger partial charge in [-0.15, -0.1) is 0 Å². The zero-order chi connectivity index (χ0) is 13.2. The largest absolute Gasteiger partial charge is 0.490 e. The monoisotopic (exact) mass is 249 g/mol. The van der Waals surface area contributed by atoms with E-state index in [1.54, 1.807) is 0 Å². The number of nitrogens with two attached hydrogens (primary N) is 1. The van der Waals surface area contributed by atoms with Crippen LogP contribution >= 0.6 is 0 Å². The van der Waals surface area contributed by atoms with Gasteiger partial charge in [0.1, 0.15) is 11.4 Å². The van der Waals surface area contributed by atoms with Crippen LogP contribution in [0.3, 0.4) is 0 Å². The highest BCUT2D eigenvalue weighted by molar-refractivity contribution is 5.32. The van der Waals surface area contributed by atoms with Crippen LogP contribution in [-0.4, -0.2) is 17.8 Å². The molecular formula is C15H23NO2. The minimum absolute atomic E-state index is 0.227. The van der Waals surface area contributed by atoms with E-state index in [2.05, 4.69) is 6.92 Å². The van der Waals surface area contributed by atoms with Crippen LogP contribution in [0, 0.1) is 5.92 Å². The lowest BCUT2D eigenvalue weighted by atomic mass is 9.91. The molecule has 2 rings (SSSR count). The van der Waals surface area contributed by atoms with Gasteiger partial charge in [-0.2, -0.15) is 0 Å². The van der Waals surface area contributed by atoms with E-state index in [4.69, 9.17) is 10.5 Å². The van der Waals surface area contributed by atoms with Crippen LogP contribution in [0.1, 0.15) is 38.7 Å². The Labute approximate surface area is 109 Å². The average molecular weight is 249 g/mol. The molecule has 1 aromatic carbocycles. The van der Waals surface area contributed by atoms with Crippen molar-refractivity contribution in [3.05, 3.63) is 29.8 Å². The fourth-order valence-electron chi connectivity index (χ4n) is 2.20. The van der Waals surface area contributed by atoms with Gasteiger partial charge in [0.25, 0.3) is 0 Å². The fraction of sp³-hybridized carbons (Fsp3) is 0.600. The van der Waals surface area contributed by atoms with Gasteiger partial charge in [0.15, 0.2) is 0 Å². The molecule has 2 atom stereocenters. The summed E-state index contributed by atoms with van der Waals surface area (Å²) in [7, 11) is 0. The Morgan fingerprint density at radius 3 is 2.78 bits per heavy atom. The first kappa shape index (κ1) is 13.4. The molecule has 1 aliphatic carbocycles. The molecule has 1 aliphatic rings. The van der Waals surface area contributed by atoms with Gasteiger partial charge >= 0.3 is 0 Å². The molecule has 100 valence electrons. The van der Waals surface area contributed by atoms with Crippen molar-refractivity contribution in [2.75, 3.05) is 6.54 Å². The van der Waals surface area contributed by atoms with Crippen LogP contribution in [0.15, 0.2) is 24.3 Å². The third kappa shape index (κ3) is 2.85. The summed E-state index contributed by atoms with van der Waals surface area (Å²) in [6.07, 6.45) is 3.39. The second-order valence-electron chi connectivity index (χ2n) is 5.28. The van der Waals surface area contributed by atoms with Crippen molar-refractivity contribution in [1.82, 2.24) is 0 Å². The molecule has 0 saturated heterocycles. The third-order valence-corrected chi connectivity index (χ3v) is 3.90.